The fourth-order valence-electron chi connectivity index (χ4n) is 6.01. The van der Waals surface area contributed by atoms with Gasteiger partial charge in [0.05, 0.1) is 13.2 Å². The normalized spacial score (nSPS) is 26.2. The lowest BCUT2D eigenvalue weighted by atomic mass is 9.96. The van der Waals surface area contributed by atoms with Crippen LogP contribution in [0.2, 0.25) is 5.04 Å². The predicted octanol–water partition coefficient (Wildman–Crippen LogP) is 5.81. The summed E-state index contributed by atoms with van der Waals surface area (Å²) in [7, 11) is -2.82. The van der Waals surface area contributed by atoms with Gasteiger partial charge in [-0.05, 0) is 42.1 Å². The molecule has 0 spiro atoms. The van der Waals surface area contributed by atoms with Crippen LogP contribution >= 0.6 is 0 Å². The molecule has 7 heteroatoms. The number of ether oxygens (including phenoxy) is 5. The van der Waals surface area contributed by atoms with Crippen molar-refractivity contribution in [1.82, 2.24) is 0 Å². The van der Waals surface area contributed by atoms with Gasteiger partial charge >= 0.3 is 0 Å². The average Bonchev–Trinajstić information content (AvgIpc) is 3.36. The third kappa shape index (κ3) is 6.56. The van der Waals surface area contributed by atoms with Gasteiger partial charge in [-0.25, -0.2) is 0 Å². The van der Waals surface area contributed by atoms with Gasteiger partial charge in [-0.2, -0.15) is 0 Å². The molecule has 0 aromatic heterocycles. The number of benzene rings is 2. The maximum absolute atomic E-state index is 7.41. The zero-order valence-electron chi connectivity index (χ0n) is 25.6. The SMILES string of the molecule is CCCCOC[C@@]1(CO[Si](c2ccccc2)(c2ccccc2)C(C)(C)C)O[C@@H]2OC(C)(C)O[C@H]2C1OCCCC. The highest BCUT2D eigenvalue weighted by Crippen LogP contribution is 2.46. The second kappa shape index (κ2) is 13.2. The maximum atomic E-state index is 7.41. The van der Waals surface area contributed by atoms with Crippen molar-refractivity contribution in [3.8, 4) is 0 Å². The number of rotatable bonds is 14. The van der Waals surface area contributed by atoms with E-state index in [1.807, 2.05) is 13.8 Å². The Hall–Kier alpha value is -1.58. The molecule has 40 heavy (non-hydrogen) atoms. The highest BCUT2D eigenvalue weighted by Gasteiger charge is 2.64. The summed E-state index contributed by atoms with van der Waals surface area (Å²) in [5.41, 5.74) is -0.875. The molecular formula is C33H50O6Si. The van der Waals surface area contributed by atoms with Crippen molar-refractivity contribution in [2.75, 3.05) is 26.4 Å². The molecule has 2 aliphatic rings. The monoisotopic (exact) mass is 570 g/mol. The van der Waals surface area contributed by atoms with Crippen molar-refractivity contribution in [2.45, 2.75) is 109 Å². The Labute approximate surface area is 242 Å². The minimum Gasteiger partial charge on any atom is -0.404 e. The van der Waals surface area contributed by atoms with Crippen molar-refractivity contribution >= 4 is 18.7 Å². The third-order valence-electron chi connectivity index (χ3n) is 7.99. The molecule has 0 saturated carbocycles. The van der Waals surface area contributed by atoms with Crippen molar-refractivity contribution in [3.05, 3.63) is 60.7 Å². The largest absolute Gasteiger partial charge is 0.404 e. The molecule has 2 aromatic carbocycles. The Kier molecular flexibility index (Phi) is 10.3. The molecule has 2 aromatic rings. The molecule has 1 unspecified atom stereocenters. The Balaban J connectivity index is 1.75. The smallest absolute Gasteiger partial charge is 0.261 e. The number of hydrogen-bond donors (Lipinski definition) is 0. The van der Waals surface area contributed by atoms with Crippen molar-refractivity contribution < 1.29 is 28.1 Å². The van der Waals surface area contributed by atoms with Gasteiger partial charge < -0.3 is 28.1 Å². The second-order valence-electron chi connectivity index (χ2n) is 12.7. The molecular weight excluding hydrogens is 520 g/mol. The summed E-state index contributed by atoms with van der Waals surface area (Å²) in [6, 6.07) is 21.4. The quantitative estimate of drug-likeness (QED) is 0.211. The molecule has 222 valence electrons. The summed E-state index contributed by atoms with van der Waals surface area (Å²) in [4.78, 5) is 0. The van der Waals surface area contributed by atoms with Crippen LogP contribution in [-0.2, 0) is 28.1 Å². The van der Waals surface area contributed by atoms with Crippen molar-refractivity contribution in [3.63, 3.8) is 0 Å². The van der Waals surface area contributed by atoms with E-state index in [0.717, 1.165) is 25.7 Å². The maximum Gasteiger partial charge on any atom is 0.261 e. The van der Waals surface area contributed by atoms with E-state index in [1.54, 1.807) is 0 Å². The average molecular weight is 571 g/mol. The van der Waals surface area contributed by atoms with Crippen LogP contribution in [0.15, 0.2) is 60.7 Å². The molecule has 0 radical (unpaired) electrons. The standard InChI is InChI=1S/C33H50O6Si/c1-8-10-22-34-24-33(29(35-23-11-9-2)28-30(39-33)38-32(6,7)37-28)25-36-40(31(3,4)5,26-18-14-12-15-19-26)27-20-16-13-17-21-27/h12-21,28-30H,8-11,22-25H2,1-7H3/t28-,29?,30-,33-/m0/s1. The van der Waals surface area contributed by atoms with E-state index in [4.69, 9.17) is 28.1 Å². The van der Waals surface area contributed by atoms with Crippen molar-refractivity contribution in [1.29, 1.82) is 0 Å². The minimum absolute atomic E-state index is 0.165. The Bertz CT molecular complexity index is 1000. The van der Waals surface area contributed by atoms with Gasteiger partial charge in [0.15, 0.2) is 12.1 Å². The first kappa shape index (κ1) is 31.4. The van der Waals surface area contributed by atoms with Gasteiger partial charge in [0.25, 0.3) is 8.32 Å². The molecule has 2 aliphatic heterocycles. The lowest BCUT2D eigenvalue weighted by Gasteiger charge is -2.46. The first-order valence-electron chi connectivity index (χ1n) is 15.1. The van der Waals surface area contributed by atoms with Crippen LogP contribution in [0.4, 0.5) is 0 Å². The molecule has 2 heterocycles. The van der Waals surface area contributed by atoms with Crippen LogP contribution in [0.3, 0.4) is 0 Å². The molecule has 2 saturated heterocycles. The molecule has 0 bridgehead atoms. The predicted molar refractivity (Wildman–Crippen MR) is 162 cm³/mol. The van der Waals surface area contributed by atoms with Crippen LogP contribution in [0, 0.1) is 0 Å². The summed E-state index contributed by atoms with van der Waals surface area (Å²) in [5.74, 6) is -0.740. The van der Waals surface area contributed by atoms with Gasteiger partial charge in [0.2, 0.25) is 0 Å². The first-order valence-corrected chi connectivity index (χ1v) is 17.0. The molecule has 0 amide bonds. The molecule has 0 N–H and O–H groups in total. The zero-order chi connectivity index (χ0) is 28.9. The summed E-state index contributed by atoms with van der Waals surface area (Å²) < 4.78 is 39.8. The summed E-state index contributed by atoms with van der Waals surface area (Å²) in [5, 5.41) is 2.29. The fraction of sp³-hybridized carbons (Fsp3) is 0.636. The van der Waals surface area contributed by atoms with Crippen LogP contribution in [0.25, 0.3) is 0 Å². The molecule has 4 atom stereocenters. The lowest BCUT2D eigenvalue weighted by molar-refractivity contribution is -0.259. The summed E-state index contributed by atoms with van der Waals surface area (Å²) in [6.45, 7) is 17.0. The van der Waals surface area contributed by atoms with Crippen LogP contribution in [0.5, 0.6) is 0 Å². The zero-order valence-corrected chi connectivity index (χ0v) is 26.6. The number of unbranched alkanes of at least 4 members (excludes halogenated alkanes) is 2. The Morgan fingerprint density at radius 2 is 1.35 bits per heavy atom. The van der Waals surface area contributed by atoms with Gasteiger partial charge in [0, 0.05) is 13.2 Å². The highest BCUT2D eigenvalue weighted by atomic mass is 28.4. The summed E-state index contributed by atoms with van der Waals surface area (Å²) in [6.07, 6.45) is 2.77. The third-order valence-corrected chi connectivity index (χ3v) is 13.0. The van der Waals surface area contributed by atoms with Crippen LogP contribution < -0.4 is 10.4 Å². The highest BCUT2D eigenvalue weighted by molar-refractivity contribution is 6.99. The lowest BCUT2D eigenvalue weighted by Crippen LogP contribution is -2.68. The minimum atomic E-state index is -2.82. The number of hydrogen-bond acceptors (Lipinski definition) is 6. The van der Waals surface area contributed by atoms with Crippen LogP contribution in [-0.4, -0.2) is 64.6 Å². The van der Waals surface area contributed by atoms with Gasteiger partial charge in [-0.15, -0.1) is 0 Å². The topological polar surface area (TPSA) is 55.4 Å². The Morgan fingerprint density at radius 3 is 1.90 bits per heavy atom. The van der Waals surface area contributed by atoms with E-state index in [0.29, 0.717) is 26.4 Å². The fourth-order valence-corrected chi connectivity index (χ4v) is 10.6. The first-order chi connectivity index (χ1) is 19.1. The Morgan fingerprint density at radius 1 is 0.775 bits per heavy atom. The van der Waals surface area contributed by atoms with Crippen molar-refractivity contribution in [2.24, 2.45) is 0 Å². The van der Waals surface area contributed by atoms with Gasteiger partial charge in [-0.3, -0.25) is 0 Å². The molecule has 2 fully saturated rings. The molecule has 0 aliphatic carbocycles. The van der Waals surface area contributed by atoms with E-state index in [9.17, 15) is 0 Å². The van der Waals surface area contributed by atoms with E-state index < -0.39 is 26.0 Å². The van der Waals surface area contributed by atoms with E-state index in [-0.39, 0.29) is 17.2 Å². The second-order valence-corrected chi connectivity index (χ2v) is 17.0. The van der Waals surface area contributed by atoms with E-state index in [1.165, 1.54) is 10.4 Å². The summed E-state index contributed by atoms with van der Waals surface area (Å²) >= 11 is 0. The van der Waals surface area contributed by atoms with E-state index in [2.05, 4.69) is 95.3 Å². The number of fused-ring (bicyclic) bond motifs is 1. The van der Waals surface area contributed by atoms with Gasteiger partial charge in [-0.1, -0.05) is 108 Å². The molecule has 6 nitrogen and oxygen atoms in total. The molecule has 4 rings (SSSR count). The van der Waals surface area contributed by atoms with Gasteiger partial charge in [0.1, 0.15) is 17.8 Å². The van der Waals surface area contributed by atoms with Crippen LogP contribution in [0.1, 0.15) is 74.1 Å². The van der Waals surface area contributed by atoms with E-state index >= 15 is 0 Å².